The van der Waals surface area contributed by atoms with Crippen LogP contribution in [0.5, 0.6) is 5.75 Å². The van der Waals surface area contributed by atoms with Gasteiger partial charge in [-0.25, -0.2) is 13.8 Å². The number of pyridine rings is 1. The van der Waals surface area contributed by atoms with Crippen LogP contribution in [-0.2, 0) is 23.7 Å². The Balaban J connectivity index is 0.791. The first-order valence-corrected chi connectivity index (χ1v) is 22.5. The number of alkyl halides is 2. The van der Waals surface area contributed by atoms with Crippen LogP contribution in [0.15, 0.2) is 47.4 Å². The van der Waals surface area contributed by atoms with Gasteiger partial charge in [0.25, 0.3) is 5.56 Å². The number of halogens is 3. The highest BCUT2D eigenvalue weighted by Gasteiger charge is 2.51. The molecule has 7 heterocycles. The number of rotatable bonds is 8. The van der Waals surface area contributed by atoms with Crippen molar-refractivity contribution in [3.05, 3.63) is 69.2 Å². The molecule has 14 nitrogen and oxygen atoms in total. The molecule has 0 bridgehead atoms. The molecule has 3 aromatic heterocycles. The van der Waals surface area contributed by atoms with E-state index < -0.39 is 30.0 Å². The molecule has 2 amide bonds. The summed E-state index contributed by atoms with van der Waals surface area (Å²) in [6.45, 7) is 8.42. The van der Waals surface area contributed by atoms with E-state index in [-0.39, 0.29) is 34.6 Å². The van der Waals surface area contributed by atoms with E-state index in [0.29, 0.717) is 70.9 Å². The lowest BCUT2D eigenvalue weighted by Gasteiger charge is -2.46. The van der Waals surface area contributed by atoms with Crippen LogP contribution in [0, 0.1) is 17.3 Å². The summed E-state index contributed by atoms with van der Waals surface area (Å²) in [6, 6.07) is 10.8. The Morgan fingerprint density at radius 2 is 1.75 bits per heavy atom. The van der Waals surface area contributed by atoms with Crippen LogP contribution in [0.2, 0.25) is 5.02 Å². The highest BCUT2D eigenvalue weighted by molar-refractivity contribution is 6.33. The fraction of sp³-hybridized carbons (Fsp3) is 0.522. The van der Waals surface area contributed by atoms with Crippen LogP contribution in [0.3, 0.4) is 0 Å². The van der Waals surface area contributed by atoms with Gasteiger partial charge >= 0.3 is 5.92 Å². The molecule has 5 aliphatic rings. The lowest BCUT2D eigenvalue weighted by Crippen LogP contribution is -2.50. The number of piperidine rings is 3. The number of aryl methyl sites for hydroxylation is 2. The molecule has 1 saturated carbocycles. The predicted octanol–water partition coefficient (Wildman–Crippen LogP) is 7.08. The molecular formula is C46H53ClF2N10O4. The number of likely N-dealkylation sites (tertiary alicyclic amines) is 1. The quantitative estimate of drug-likeness (QED) is 0.137. The van der Waals surface area contributed by atoms with Crippen molar-refractivity contribution in [3.63, 3.8) is 0 Å². The fourth-order valence-corrected chi connectivity index (χ4v) is 10.6. The zero-order valence-electron chi connectivity index (χ0n) is 36.0. The molecule has 63 heavy (non-hydrogen) atoms. The molecule has 3 N–H and O–H groups in total. The number of hydrogen-bond acceptors (Lipinski definition) is 11. The summed E-state index contributed by atoms with van der Waals surface area (Å²) in [4.78, 5) is 52.1. The number of carbonyl (C=O) groups excluding carboxylic acids is 2. The Kier molecular flexibility index (Phi) is 10.4. The third-order valence-corrected chi connectivity index (χ3v) is 14.6. The van der Waals surface area contributed by atoms with E-state index in [1.165, 1.54) is 10.1 Å². The first-order chi connectivity index (χ1) is 30.1. The number of amides is 2. The zero-order valence-corrected chi connectivity index (χ0v) is 36.8. The lowest BCUT2D eigenvalue weighted by atomic mass is 9.73. The number of aromatic nitrogens is 5. The molecule has 3 saturated heterocycles. The zero-order chi connectivity index (χ0) is 43.9. The minimum Gasteiger partial charge on any atom is -0.480 e. The number of anilines is 4. The molecule has 0 radical (unpaired) electrons. The molecule has 4 fully saturated rings. The van der Waals surface area contributed by atoms with Gasteiger partial charge in [-0.3, -0.25) is 24.4 Å². The van der Waals surface area contributed by atoms with Gasteiger partial charge in [0.15, 0.2) is 12.4 Å². The van der Waals surface area contributed by atoms with Crippen molar-refractivity contribution >= 4 is 68.4 Å². The highest BCUT2D eigenvalue weighted by Crippen LogP contribution is 2.46. The average Bonchev–Trinajstić information content (AvgIpc) is 4.06. The number of ether oxygens (including phenoxy) is 1. The third kappa shape index (κ3) is 7.76. The second-order valence-electron chi connectivity index (χ2n) is 19.1. The fourth-order valence-electron chi connectivity index (χ4n) is 10.5. The van der Waals surface area contributed by atoms with E-state index in [9.17, 15) is 14.4 Å². The second-order valence-corrected chi connectivity index (χ2v) is 19.5. The Bertz CT molecular complexity index is 2710. The Morgan fingerprint density at radius 1 is 0.952 bits per heavy atom. The maximum atomic E-state index is 15.2. The van der Waals surface area contributed by atoms with Gasteiger partial charge in [0, 0.05) is 56.6 Å². The molecule has 2 aromatic carbocycles. The number of hydrogen-bond donors (Lipinski definition) is 3. The molecule has 3 atom stereocenters. The van der Waals surface area contributed by atoms with E-state index in [0.717, 1.165) is 68.6 Å². The number of fused-ring (bicyclic) bond motifs is 4. The van der Waals surface area contributed by atoms with E-state index in [1.54, 1.807) is 19.3 Å². The van der Waals surface area contributed by atoms with Crippen LogP contribution in [-0.4, -0.2) is 92.3 Å². The number of benzene rings is 2. The molecule has 332 valence electrons. The van der Waals surface area contributed by atoms with Crippen LogP contribution in [0.25, 0.3) is 21.8 Å². The normalized spacial score (nSPS) is 24.1. The van der Waals surface area contributed by atoms with E-state index in [4.69, 9.17) is 26.4 Å². The Morgan fingerprint density at radius 3 is 2.49 bits per heavy atom. The Hall–Kier alpha value is -5.35. The SMILES string of the molecule is Cn1nc(C2CCC(=O)NC2=O)c2ccc(C3CCN(C[C@H]4CCN(c5ncc(Cl)c(Nc6ccc7c(c6)c6c(c(=O)n7C)OCC(F)(F)[C@H](C7CC7)N6)n5)CC4(C)C)CC3)cc21. The van der Waals surface area contributed by atoms with Crippen LogP contribution >= 0.6 is 11.6 Å². The number of nitrogens with one attached hydrogen (secondary N) is 3. The largest absolute Gasteiger partial charge is 0.480 e. The number of carbonyl (C=O) groups is 2. The molecular weight excluding hydrogens is 830 g/mol. The van der Waals surface area contributed by atoms with Crippen molar-refractivity contribution in [1.29, 1.82) is 0 Å². The van der Waals surface area contributed by atoms with Gasteiger partial charge in [0.2, 0.25) is 23.5 Å². The van der Waals surface area contributed by atoms with Crippen LogP contribution in [0.1, 0.15) is 81.9 Å². The minimum atomic E-state index is -3.13. The summed E-state index contributed by atoms with van der Waals surface area (Å²) in [5.74, 6) is -2.41. The number of nitrogens with zero attached hydrogens (tertiary/aromatic N) is 7. The standard InChI is InChI=1S/C46H53ClF2N10O4/c1-45(2)23-59(18-15-28(45)22-58-16-13-25(14-17-58)27-7-9-30-35(19-27)57(4)55-37(30)31-10-12-36(60)52-42(31)61)44-50-21-33(47)41(54-44)51-29-8-11-34-32(20-29)38-39(43(62)56(34)3)63-24-46(48,49)40(53-38)26-5-6-26/h7-9,11,19-21,25-26,28,31,40,53H,5-6,10,12-18,22-24H2,1-4H3,(H,50,51,54)(H,52,60,61)/t28-,31?,40+/m1/s1. The highest BCUT2D eigenvalue weighted by atomic mass is 35.5. The smallest absolute Gasteiger partial charge is 0.301 e. The van der Waals surface area contributed by atoms with Crippen molar-refractivity contribution in [2.45, 2.75) is 82.6 Å². The van der Waals surface area contributed by atoms with Crippen molar-refractivity contribution in [2.24, 2.45) is 31.3 Å². The minimum absolute atomic E-state index is 0.0210. The van der Waals surface area contributed by atoms with Crippen molar-refractivity contribution < 1.29 is 23.1 Å². The van der Waals surface area contributed by atoms with Gasteiger partial charge in [-0.15, -0.1) is 0 Å². The van der Waals surface area contributed by atoms with Crippen LogP contribution < -0.4 is 31.1 Å². The first-order valence-electron chi connectivity index (χ1n) is 22.1. The molecule has 17 heteroatoms. The van der Waals surface area contributed by atoms with Gasteiger partial charge in [-0.2, -0.15) is 10.1 Å². The molecule has 1 unspecified atom stereocenters. The van der Waals surface area contributed by atoms with E-state index in [1.807, 2.05) is 23.9 Å². The maximum Gasteiger partial charge on any atom is 0.301 e. The maximum absolute atomic E-state index is 15.2. The third-order valence-electron chi connectivity index (χ3n) is 14.3. The topological polar surface area (TPSA) is 152 Å². The van der Waals surface area contributed by atoms with Gasteiger partial charge in [-0.05, 0) is 105 Å². The van der Waals surface area contributed by atoms with Crippen molar-refractivity contribution in [2.75, 3.05) is 54.9 Å². The van der Waals surface area contributed by atoms with Crippen molar-refractivity contribution in [3.8, 4) is 5.75 Å². The van der Waals surface area contributed by atoms with Crippen LogP contribution in [0.4, 0.5) is 31.9 Å². The van der Waals surface area contributed by atoms with Gasteiger partial charge in [-0.1, -0.05) is 37.6 Å². The molecule has 5 aromatic rings. The summed E-state index contributed by atoms with van der Waals surface area (Å²) in [7, 11) is 3.53. The summed E-state index contributed by atoms with van der Waals surface area (Å²) < 4.78 is 39.2. The molecule has 1 aliphatic carbocycles. The Labute approximate surface area is 368 Å². The first kappa shape index (κ1) is 41.6. The molecule has 0 spiro atoms. The summed E-state index contributed by atoms with van der Waals surface area (Å²) in [5, 5.41) is 15.5. The van der Waals surface area contributed by atoms with Gasteiger partial charge in [0.1, 0.15) is 5.02 Å². The second kappa shape index (κ2) is 15.7. The molecule has 10 rings (SSSR count). The lowest BCUT2D eigenvalue weighted by molar-refractivity contribution is -0.134. The predicted molar refractivity (Wildman–Crippen MR) is 238 cm³/mol. The molecule has 4 aliphatic heterocycles. The average molecular weight is 883 g/mol. The van der Waals surface area contributed by atoms with E-state index >= 15 is 8.78 Å². The number of imide groups is 1. The van der Waals surface area contributed by atoms with Gasteiger partial charge < -0.3 is 29.7 Å². The summed E-state index contributed by atoms with van der Waals surface area (Å²) in [6.07, 6.45) is 6.93. The van der Waals surface area contributed by atoms with Crippen molar-refractivity contribution in [1.82, 2.24) is 34.5 Å². The van der Waals surface area contributed by atoms with Gasteiger partial charge in [0.05, 0.1) is 40.6 Å². The summed E-state index contributed by atoms with van der Waals surface area (Å²) in [5.41, 5.74) is 4.04. The monoisotopic (exact) mass is 882 g/mol. The van der Waals surface area contributed by atoms with E-state index in [2.05, 4.69) is 62.8 Å². The summed E-state index contributed by atoms with van der Waals surface area (Å²) >= 11 is 6.69.